The van der Waals surface area contributed by atoms with Crippen LogP contribution in [0.2, 0.25) is 0 Å². The van der Waals surface area contributed by atoms with Gasteiger partial charge in [0.05, 0.1) is 0 Å². The number of hydrogen-bond acceptors (Lipinski definition) is 5. The van der Waals surface area contributed by atoms with Crippen molar-refractivity contribution in [3.8, 4) is 0 Å². The number of aromatic nitrogens is 2. The molecule has 0 aromatic carbocycles. The number of anilines is 1. The third-order valence-electron chi connectivity index (χ3n) is 3.58. The number of nitrogens with zero attached hydrogens (tertiary/aromatic N) is 3. The Kier molecular flexibility index (Phi) is 3.74. The first-order valence-electron chi connectivity index (χ1n) is 6.34. The quantitative estimate of drug-likeness (QED) is 0.741. The van der Waals surface area contributed by atoms with Crippen LogP contribution in [0.25, 0.3) is 0 Å². The Morgan fingerprint density at radius 2 is 1.55 bits per heavy atom. The second-order valence-corrected chi connectivity index (χ2v) is 6.76. The fourth-order valence-electron chi connectivity index (χ4n) is 2.31. The molecule has 0 spiro atoms. The predicted molar refractivity (Wildman–Crippen MR) is 73.9 cm³/mol. The van der Waals surface area contributed by atoms with E-state index >= 15 is 0 Å². The van der Waals surface area contributed by atoms with E-state index in [4.69, 9.17) is 5.73 Å². The molecule has 1 aliphatic heterocycles. The summed E-state index contributed by atoms with van der Waals surface area (Å²) < 4.78 is 28.1. The van der Waals surface area contributed by atoms with Gasteiger partial charge in [-0.05, 0) is 12.8 Å². The minimum absolute atomic E-state index is 0.316. The molecule has 0 aliphatic carbocycles. The average Bonchev–Trinajstić information content (AvgIpc) is 2.44. The first-order valence-corrected chi connectivity index (χ1v) is 7.78. The van der Waals surface area contributed by atoms with Gasteiger partial charge in [0.1, 0.15) is 5.82 Å². The molecule has 2 rings (SSSR count). The predicted octanol–water partition coefficient (Wildman–Crippen LogP) is -1.16. The molecule has 0 radical (unpaired) electrons. The van der Waals surface area contributed by atoms with Crippen molar-refractivity contribution in [2.24, 2.45) is 14.1 Å². The molecule has 112 valence electrons. The van der Waals surface area contributed by atoms with Crippen molar-refractivity contribution in [3.05, 3.63) is 20.8 Å². The molecular formula is C11H18N4O4S. The molecule has 0 saturated carbocycles. The second kappa shape index (κ2) is 5.06. The summed E-state index contributed by atoms with van der Waals surface area (Å²) >= 11 is 0. The highest BCUT2D eigenvalue weighted by atomic mass is 32.2. The molecule has 9 heteroatoms. The van der Waals surface area contributed by atoms with Crippen LogP contribution >= 0.6 is 0 Å². The van der Waals surface area contributed by atoms with Crippen molar-refractivity contribution in [3.63, 3.8) is 0 Å². The Balaban J connectivity index is 2.69. The zero-order chi connectivity index (χ0) is 15.1. The van der Waals surface area contributed by atoms with Gasteiger partial charge in [0.2, 0.25) is 0 Å². The number of sulfonamides is 1. The van der Waals surface area contributed by atoms with E-state index in [1.807, 2.05) is 0 Å². The molecule has 1 aromatic rings. The molecule has 1 fully saturated rings. The van der Waals surface area contributed by atoms with Gasteiger partial charge in [-0.1, -0.05) is 6.42 Å². The van der Waals surface area contributed by atoms with Crippen LogP contribution in [0, 0.1) is 0 Å². The van der Waals surface area contributed by atoms with Gasteiger partial charge >= 0.3 is 5.69 Å². The van der Waals surface area contributed by atoms with E-state index in [1.54, 1.807) is 0 Å². The Morgan fingerprint density at radius 3 is 2.10 bits per heavy atom. The van der Waals surface area contributed by atoms with Gasteiger partial charge in [0, 0.05) is 27.2 Å². The lowest BCUT2D eigenvalue weighted by Crippen LogP contribution is -2.45. The van der Waals surface area contributed by atoms with E-state index in [0.29, 0.717) is 13.1 Å². The largest absolute Gasteiger partial charge is 0.384 e. The van der Waals surface area contributed by atoms with Crippen LogP contribution in [-0.4, -0.2) is 34.9 Å². The van der Waals surface area contributed by atoms with Crippen LogP contribution in [0.1, 0.15) is 19.3 Å². The van der Waals surface area contributed by atoms with Crippen LogP contribution in [0.15, 0.2) is 14.5 Å². The molecule has 0 atom stereocenters. The van der Waals surface area contributed by atoms with Crippen molar-refractivity contribution in [1.82, 2.24) is 13.4 Å². The van der Waals surface area contributed by atoms with Crippen molar-refractivity contribution in [1.29, 1.82) is 0 Å². The number of hydrogen-bond donors (Lipinski definition) is 1. The molecule has 8 nitrogen and oxygen atoms in total. The van der Waals surface area contributed by atoms with Crippen LogP contribution in [-0.2, 0) is 24.1 Å². The zero-order valence-electron chi connectivity index (χ0n) is 11.5. The van der Waals surface area contributed by atoms with Crippen LogP contribution in [0.4, 0.5) is 5.82 Å². The fourth-order valence-corrected chi connectivity index (χ4v) is 4.06. The molecule has 1 aromatic heterocycles. The van der Waals surface area contributed by atoms with E-state index in [0.717, 1.165) is 28.4 Å². The molecule has 0 bridgehead atoms. The average molecular weight is 302 g/mol. The summed E-state index contributed by atoms with van der Waals surface area (Å²) in [5.74, 6) is -0.316. The highest BCUT2D eigenvalue weighted by Crippen LogP contribution is 2.21. The zero-order valence-corrected chi connectivity index (χ0v) is 12.3. The molecule has 2 N–H and O–H groups in total. The third-order valence-corrected chi connectivity index (χ3v) is 5.52. The van der Waals surface area contributed by atoms with E-state index in [9.17, 15) is 18.0 Å². The van der Waals surface area contributed by atoms with Crippen LogP contribution in [0.3, 0.4) is 0 Å². The molecule has 1 saturated heterocycles. The first-order chi connectivity index (χ1) is 9.28. The molecular weight excluding hydrogens is 284 g/mol. The number of nitrogen functional groups attached to an aromatic ring is 1. The molecule has 20 heavy (non-hydrogen) atoms. The van der Waals surface area contributed by atoms with Gasteiger partial charge in [0.15, 0.2) is 4.90 Å². The van der Waals surface area contributed by atoms with Crippen molar-refractivity contribution < 1.29 is 8.42 Å². The summed E-state index contributed by atoms with van der Waals surface area (Å²) in [5.41, 5.74) is 4.16. The van der Waals surface area contributed by atoms with Crippen molar-refractivity contribution in [2.45, 2.75) is 24.2 Å². The molecule has 1 aliphatic rings. The van der Waals surface area contributed by atoms with Gasteiger partial charge in [-0.15, -0.1) is 0 Å². The number of rotatable bonds is 2. The SMILES string of the molecule is Cn1c(N)c(S(=O)(=O)N2CCCCC2)c(=O)n(C)c1=O. The fraction of sp³-hybridized carbons (Fsp3) is 0.636. The summed E-state index contributed by atoms with van der Waals surface area (Å²) in [6.07, 6.45) is 2.48. The van der Waals surface area contributed by atoms with Crippen LogP contribution in [0.5, 0.6) is 0 Å². The Bertz CT molecular complexity index is 741. The summed E-state index contributed by atoms with van der Waals surface area (Å²) in [6.45, 7) is 0.738. The van der Waals surface area contributed by atoms with Gasteiger partial charge in [0.25, 0.3) is 15.6 Å². The summed E-state index contributed by atoms with van der Waals surface area (Å²) in [4.78, 5) is 23.3. The second-order valence-electron chi connectivity index (χ2n) is 4.88. The van der Waals surface area contributed by atoms with Gasteiger partial charge in [-0.3, -0.25) is 13.9 Å². The maximum absolute atomic E-state index is 12.6. The molecule has 2 heterocycles. The van der Waals surface area contributed by atoms with Crippen LogP contribution < -0.4 is 17.0 Å². The molecule has 0 amide bonds. The summed E-state index contributed by atoms with van der Waals surface area (Å²) in [6, 6.07) is 0. The monoisotopic (exact) mass is 302 g/mol. The standard InChI is InChI=1S/C11H18N4O4S/c1-13-9(12)8(10(16)14(2)11(13)17)20(18,19)15-6-4-3-5-7-15/h3-7,12H2,1-2H3. The van der Waals surface area contributed by atoms with E-state index < -0.39 is 26.2 Å². The lowest BCUT2D eigenvalue weighted by Gasteiger charge is -2.26. The highest BCUT2D eigenvalue weighted by molar-refractivity contribution is 7.89. The lowest BCUT2D eigenvalue weighted by atomic mass is 10.2. The lowest BCUT2D eigenvalue weighted by molar-refractivity contribution is 0.346. The van der Waals surface area contributed by atoms with Crippen molar-refractivity contribution in [2.75, 3.05) is 18.8 Å². The maximum Gasteiger partial charge on any atom is 0.332 e. The van der Waals surface area contributed by atoms with Gasteiger partial charge in [-0.2, -0.15) is 4.31 Å². The Morgan fingerprint density at radius 1 is 1.00 bits per heavy atom. The normalized spacial score (nSPS) is 17.3. The van der Waals surface area contributed by atoms with Gasteiger partial charge < -0.3 is 5.73 Å². The third kappa shape index (κ3) is 2.16. The minimum atomic E-state index is -3.97. The first kappa shape index (κ1) is 14.8. The highest BCUT2D eigenvalue weighted by Gasteiger charge is 2.32. The Labute approximate surface area is 116 Å². The number of nitrogens with two attached hydrogens (primary N) is 1. The Hall–Kier alpha value is -1.61. The van der Waals surface area contributed by atoms with E-state index in [2.05, 4.69) is 0 Å². The van der Waals surface area contributed by atoms with E-state index in [-0.39, 0.29) is 5.82 Å². The topological polar surface area (TPSA) is 107 Å². The van der Waals surface area contributed by atoms with Gasteiger partial charge in [-0.25, -0.2) is 13.2 Å². The minimum Gasteiger partial charge on any atom is -0.384 e. The summed E-state index contributed by atoms with van der Waals surface area (Å²) in [7, 11) is -1.39. The maximum atomic E-state index is 12.6. The summed E-state index contributed by atoms with van der Waals surface area (Å²) in [5, 5.41) is 0. The number of piperidine rings is 1. The van der Waals surface area contributed by atoms with E-state index in [1.165, 1.54) is 18.4 Å². The molecule has 0 unspecified atom stereocenters. The smallest absolute Gasteiger partial charge is 0.332 e. The van der Waals surface area contributed by atoms with Crippen molar-refractivity contribution >= 4 is 15.8 Å².